The maximum atomic E-state index is 12.5. The first-order valence-corrected chi connectivity index (χ1v) is 7.91. The summed E-state index contributed by atoms with van der Waals surface area (Å²) in [7, 11) is 0. The predicted octanol–water partition coefficient (Wildman–Crippen LogP) is 3.52. The molecule has 2 N–H and O–H groups in total. The number of carbonyl (C=O) groups excluding carboxylic acids is 1. The number of amides is 1. The molecule has 134 valence electrons. The van der Waals surface area contributed by atoms with Gasteiger partial charge in [-0.1, -0.05) is 18.2 Å². The van der Waals surface area contributed by atoms with E-state index in [9.17, 15) is 22.8 Å². The van der Waals surface area contributed by atoms with Crippen molar-refractivity contribution in [2.75, 3.05) is 6.54 Å². The molecule has 7 heteroatoms. The number of H-pyrrole nitrogens is 1. The molecule has 2 aromatic carbocycles. The highest BCUT2D eigenvalue weighted by Crippen LogP contribution is 2.29. The summed E-state index contributed by atoms with van der Waals surface area (Å²) in [6.07, 6.45) is -4.13. The van der Waals surface area contributed by atoms with Gasteiger partial charge < -0.3 is 10.3 Å². The van der Waals surface area contributed by atoms with Crippen molar-refractivity contribution in [1.82, 2.24) is 10.3 Å². The van der Waals surface area contributed by atoms with Gasteiger partial charge in [0.05, 0.1) is 5.56 Å². The van der Waals surface area contributed by atoms with E-state index in [2.05, 4.69) is 10.3 Å². The summed E-state index contributed by atoms with van der Waals surface area (Å²) in [6, 6.07) is 13.1. The summed E-state index contributed by atoms with van der Waals surface area (Å²) in [5.74, 6) is -0.490. The van der Waals surface area contributed by atoms with Gasteiger partial charge in [0.15, 0.2) is 0 Å². The number of benzene rings is 2. The van der Waals surface area contributed by atoms with E-state index >= 15 is 0 Å². The van der Waals surface area contributed by atoms with Crippen molar-refractivity contribution in [2.24, 2.45) is 0 Å². The highest BCUT2D eigenvalue weighted by atomic mass is 19.4. The molecule has 0 saturated heterocycles. The van der Waals surface area contributed by atoms with Crippen LogP contribution in [0.25, 0.3) is 10.9 Å². The van der Waals surface area contributed by atoms with Crippen molar-refractivity contribution in [1.29, 1.82) is 0 Å². The van der Waals surface area contributed by atoms with Crippen LogP contribution in [-0.4, -0.2) is 17.4 Å². The molecule has 0 aliphatic heterocycles. The summed E-state index contributed by atoms with van der Waals surface area (Å²) in [5, 5.41) is 3.49. The molecule has 0 unspecified atom stereocenters. The third-order valence-corrected chi connectivity index (χ3v) is 3.98. The Kier molecular flexibility index (Phi) is 4.79. The van der Waals surface area contributed by atoms with E-state index in [0.717, 1.165) is 35.2 Å². The monoisotopic (exact) mass is 360 g/mol. The van der Waals surface area contributed by atoms with Crippen LogP contribution >= 0.6 is 0 Å². The molecule has 0 radical (unpaired) electrons. The van der Waals surface area contributed by atoms with Crippen LogP contribution in [0.15, 0.2) is 59.4 Å². The van der Waals surface area contributed by atoms with Gasteiger partial charge in [0, 0.05) is 23.2 Å². The highest BCUT2D eigenvalue weighted by molar-refractivity contribution is 5.94. The fraction of sp³-hybridized carbons (Fsp3) is 0.158. The number of para-hydroxylation sites is 1. The Morgan fingerprint density at radius 1 is 1.04 bits per heavy atom. The Bertz CT molecular complexity index is 992. The zero-order valence-corrected chi connectivity index (χ0v) is 13.6. The minimum absolute atomic E-state index is 0.130. The van der Waals surface area contributed by atoms with Gasteiger partial charge in [-0.2, -0.15) is 13.2 Å². The van der Waals surface area contributed by atoms with E-state index in [0.29, 0.717) is 12.0 Å². The Balaban J connectivity index is 1.63. The third-order valence-electron chi connectivity index (χ3n) is 3.98. The lowest BCUT2D eigenvalue weighted by Gasteiger charge is -2.08. The fourth-order valence-corrected chi connectivity index (χ4v) is 2.60. The number of halogens is 3. The van der Waals surface area contributed by atoms with Crippen LogP contribution in [0.3, 0.4) is 0 Å². The average Bonchev–Trinajstić information content (AvgIpc) is 2.61. The number of fused-ring (bicyclic) bond motifs is 1. The van der Waals surface area contributed by atoms with E-state index in [-0.39, 0.29) is 17.7 Å². The largest absolute Gasteiger partial charge is 0.416 e. The van der Waals surface area contributed by atoms with E-state index in [1.54, 1.807) is 12.1 Å². The molecule has 26 heavy (non-hydrogen) atoms. The number of pyridine rings is 1. The Morgan fingerprint density at radius 2 is 1.73 bits per heavy atom. The van der Waals surface area contributed by atoms with Crippen molar-refractivity contribution in [3.8, 4) is 0 Å². The van der Waals surface area contributed by atoms with Crippen LogP contribution in [0.1, 0.15) is 21.5 Å². The quantitative estimate of drug-likeness (QED) is 0.748. The second-order valence-corrected chi connectivity index (χ2v) is 5.79. The lowest BCUT2D eigenvalue weighted by molar-refractivity contribution is -0.137. The SMILES string of the molecule is O=C(NCCc1cc2ccccc2[nH]c1=O)c1ccc(C(F)(F)F)cc1. The zero-order chi connectivity index (χ0) is 18.7. The number of aromatic nitrogens is 1. The van der Waals surface area contributed by atoms with E-state index in [1.165, 1.54) is 0 Å². The number of hydrogen-bond acceptors (Lipinski definition) is 2. The number of aromatic amines is 1. The molecule has 0 aliphatic carbocycles. The maximum absolute atomic E-state index is 12.5. The topological polar surface area (TPSA) is 62.0 Å². The van der Waals surface area contributed by atoms with Crippen LogP contribution < -0.4 is 10.9 Å². The molecular weight excluding hydrogens is 345 g/mol. The fourth-order valence-electron chi connectivity index (χ4n) is 2.60. The van der Waals surface area contributed by atoms with E-state index < -0.39 is 17.6 Å². The third kappa shape index (κ3) is 3.93. The molecule has 3 rings (SSSR count). The van der Waals surface area contributed by atoms with Crippen LogP contribution in [0.2, 0.25) is 0 Å². The minimum Gasteiger partial charge on any atom is -0.352 e. The van der Waals surface area contributed by atoms with Gasteiger partial charge in [-0.15, -0.1) is 0 Å². The minimum atomic E-state index is -4.44. The molecule has 0 bridgehead atoms. The molecule has 0 aliphatic rings. The molecule has 4 nitrogen and oxygen atoms in total. The van der Waals surface area contributed by atoms with Crippen molar-refractivity contribution in [2.45, 2.75) is 12.6 Å². The normalized spacial score (nSPS) is 11.5. The van der Waals surface area contributed by atoms with Crippen molar-refractivity contribution in [3.05, 3.63) is 81.6 Å². The van der Waals surface area contributed by atoms with Gasteiger partial charge in [-0.05, 0) is 48.2 Å². The average molecular weight is 360 g/mol. The number of hydrogen-bond donors (Lipinski definition) is 2. The number of rotatable bonds is 4. The molecule has 0 atom stereocenters. The molecule has 1 amide bonds. The highest BCUT2D eigenvalue weighted by Gasteiger charge is 2.30. The summed E-state index contributed by atoms with van der Waals surface area (Å²) in [5.41, 5.74) is 0.348. The standard InChI is InChI=1S/C19H15F3N2O2/c20-19(21,22)15-7-5-12(6-8-15)17(25)23-10-9-14-11-13-3-1-2-4-16(13)24-18(14)26/h1-8,11H,9-10H2,(H,23,25)(H,24,26). The molecular formula is C19H15F3N2O2. The Morgan fingerprint density at radius 3 is 2.42 bits per heavy atom. The maximum Gasteiger partial charge on any atom is 0.416 e. The molecule has 3 aromatic rings. The van der Waals surface area contributed by atoms with E-state index in [1.807, 2.05) is 18.2 Å². The first kappa shape index (κ1) is 17.7. The van der Waals surface area contributed by atoms with Gasteiger partial charge in [-0.25, -0.2) is 0 Å². The van der Waals surface area contributed by atoms with Crippen LogP contribution in [0, 0.1) is 0 Å². The predicted molar refractivity (Wildman–Crippen MR) is 92.0 cm³/mol. The smallest absolute Gasteiger partial charge is 0.352 e. The second-order valence-electron chi connectivity index (χ2n) is 5.79. The van der Waals surface area contributed by atoms with Crippen molar-refractivity contribution >= 4 is 16.8 Å². The zero-order valence-electron chi connectivity index (χ0n) is 13.6. The summed E-state index contributed by atoms with van der Waals surface area (Å²) >= 11 is 0. The van der Waals surface area contributed by atoms with Crippen LogP contribution in [0.4, 0.5) is 13.2 Å². The molecule has 1 heterocycles. The number of alkyl halides is 3. The molecule has 0 spiro atoms. The van der Waals surface area contributed by atoms with Gasteiger partial charge in [0.1, 0.15) is 0 Å². The molecule has 0 saturated carbocycles. The second kappa shape index (κ2) is 7.03. The van der Waals surface area contributed by atoms with Gasteiger partial charge in [0.25, 0.3) is 11.5 Å². The van der Waals surface area contributed by atoms with Gasteiger partial charge >= 0.3 is 6.18 Å². The number of nitrogens with one attached hydrogen (secondary N) is 2. The summed E-state index contributed by atoms with van der Waals surface area (Å²) < 4.78 is 37.6. The summed E-state index contributed by atoms with van der Waals surface area (Å²) in [6.45, 7) is 0.196. The van der Waals surface area contributed by atoms with Crippen molar-refractivity contribution < 1.29 is 18.0 Å². The van der Waals surface area contributed by atoms with Gasteiger partial charge in [-0.3, -0.25) is 9.59 Å². The number of carbonyl (C=O) groups is 1. The van der Waals surface area contributed by atoms with Crippen molar-refractivity contribution in [3.63, 3.8) is 0 Å². The lowest BCUT2D eigenvalue weighted by atomic mass is 10.1. The van der Waals surface area contributed by atoms with Crippen LogP contribution in [-0.2, 0) is 12.6 Å². The van der Waals surface area contributed by atoms with E-state index in [4.69, 9.17) is 0 Å². The Labute approximate surface area is 146 Å². The molecule has 1 aromatic heterocycles. The first-order chi connectivity index (χ1) is 12.3. The van der Waals surface area contributed by atoms with Crippen LogP contribution in [0.5, 0.6) is 0 Å². The Hall–Kier alpha value is -3.09. The van der Waals surface area contributed by atoms with Gasteiger partial charge in [0.2, 0.25) is 0 Å². The first-order valence-electron chi connectivity index (χ1n) is 7.91. The molecule has 0 fully saturated rings. The summed E-state index contributed by atoms with van der Waals surface area (Å²) in [4.78, 5) is 26.8. The lowest BCUT2D eigenvalue weighted by Crippen LogP contribution is -2.27.